The van der Waals surface area contributed by atoms with E-state index in [0.29, 0.717) is 11.9 Å². The molecule has 0 aromatic carbocycles. The van der Waals surface area contributed by atoms with Crippen LogP contribution in [0, 0.1) is 5.92 Å². The maximum atomic E-state index is 5.69. The molecule has 0 spiro atoms. The van der Waals surface area contributed by atoms with Crippen molar-refractivity contribution in [2.45, 2.75) is 32.2 Å². The number of nitrogens with zero attached hydrogens (tertiary/aromatic N) is 3. The summed E-state index contributed by atoms with van der Waals surface area (Å²) in [5.41, 5.74) is 5.47. The summed E-state index contributed by atoms with van der Waals surface area (Å²) < 4.78 is 0. The molecule has 1 aliphatic carbocycles. The Kier molecular flexibility index (Phi) is 2.42. The number of anilines is 2. The number of hydrogen-bond acceptors (Lipinski definition) is 5. The lowest BCUT2D eigenvalue weighted by atomic mass is 9.99. The highest BCUT2D eigenvalue weighted by molar-refractivity contribution is 6.28. The normalized spacial score (nSPS) is 16.5. The smallest absolute Gasteiger partial charge is 0.229 e. The molecule has 15 heavy (non-hydrogen) atoms. The first kappa shape index (κ1) is 10.4. The standard InChI is InChI=1S/C9H14ClN5/c1-9(2,5-3-4-5)15-8-13-6(10)12-7(11)14-8/h5H,3-4H2,1-2H3,(H3,11,12,13,14,15). The van der Waals surface area contributed by atoms with Gasteiger partial charge in [0.1, 0.15) is 0 Å². The second kappa shape index (κ2) is 3.48. The Morgan fingerprint density at radius 1 is 1.33 bits per heavy atom. The molecule has 1 heterocycles. The van der Waals surface area contributed by atoms with Gasteiger partial charge in [-0.3, -0.25) is 0 Å². The summed E-state index contributed by atoms with van der Waals surface area (Å²) in [6, 6.07) is 0. The van der Waals surface area contributed by atoms with Gasteiger partial charge in [0.2, 0.25) is 17.2 Å². The van der Waals surface area contributed by atoms with E-state index in [0.717, 1.165) is 0 Å². The molecular weight excluding hydrogens is 214 g/mol. The first-order chi connectivity index (χ1) is 6.97. The minimum Gasteiger partial charge on any atom is -0.368 e. The molecule has 0 radical (unpaired) electrons. The Hall–Kier alpha value is -1.10. The third-order valence-electron chi connectivity index (χ3n) is 2.66. The van der Waals surface area contributed by atoms with Gasteiger partial charge < -0.3 is 11.1 Å². The van der Waals surface area contributed by atoms with Crippen molar-refractivity contribution in [3.63, 3.8) is 0 Å². The van der Waals surface area contributed by atoms with Crippen LogP contribution in [0.2, 0.25) is 5.28 Å². The van der Waals surface area contributed by atoms with Crippen molar-refractivity contribution in [1.82, 2.24) is 15.0 Å². The number of nitrogens with two attached hydrogens (primary N) is 1. The first-order valence-electron chi connectivity index (χ1n) is 4.92. The molecule has 1 fully saturated rings. The maximum absolute atomic E-state index is 5.69. The molecule has 0 bridgehead atoms. The summed E-state index contributed by atoms with van der Waals surface area (Å²) in [7, 11) is 0. The third-order valence-corrected chi connectivity index (χ3v) is 2.83. The topological polar surface area (TPSA) is 76.7 Å². The van der Waals surface area contributed by atoms with Crippen LogP contribution < -0.4 is 11.1 Å². The average Bonchev–Trinajstić information content (AvgIpc) is 2.80. The van der Waals surface area contributed by atoms with Gasteiger partial charge in [-0.2, -0.15) is 15.0 Å². The molecule has 0 unspecified atom stereocenters. The molecular formula is C9H14ClN5. The summed E-state index contributed by atoms with van der Waals surface area (Å²) in [5.74, 6) is 1.27. The third kappa shape index (κ3) is 2.47. The summed E-state index contributed by atoms with van der Waals surface area (Å²) >= 11 is 5.69. The highest BCUT2D eigenvalue weighted by atomic mass is 35.5. The van der Waals surface area contributed by atoms with Crippen LogP contribution in [0.4, 0.5) is 11.9 Å². The van der Waals surface area contributed by atoms with Gasteiger partial charge in [-0.05, 0) is 44.2 Å². The lowest BCUT2D eigenvalue weighted by Crippen LogP contribution is -2.34. The monoisotopic (exact) mass is 227 g/mol. The molecule has 6 heteroatoms. The average molecular weight is 228 g/mol. The van der Waals surface area contributed by atoms with Crippen molar-refractivity contribution in [2.24, 2.45) is 5.92 Å². The fourth-order valence-corrected chi connectivity index (χ4v) is 1.78. The summed E-state index contributed by atoms with van der Waals surface area (Å²) in [5, 5.41) is 3.36. The van der Waals surface area contributed by atoms with E-state index in [9.17, 15) is 0 Å². The second-order valence-electron chi connectivity index (χ2n) is 4.41. The largest absolute Gasteiger partial charge is 0.368 e. The lowest BCUT2D eigenvalue weighted by Gasteiger charge is -2.25. The number of aromatic nitrogens is 3. The van der Waals surface area contributed by atoms with Crippen LogP contribution in [0.15, 0.2) is 0 Å². The van der Waals surface area contributed by atoms with E-state index in [4.69, 9.17) is 17.3 Å². The van der Waals surface area contributed by atoms with E-state index in [-0.39, 0.29) is 16.8 Å². The highest BCUT2D eigenvalue weighted by Gasteiger charge is 2.38. The van der Waals surface area contributed by atoms with Gasteiger partial charge in [-0.25, -0.2) is 0 Å². The first-order valence-corrected chi connectivity index (χ1v) is 5.30. The van der Waals surface area contributed by atoms with Crippen molar-refractivity contribution in [2.75, 3.05) is 11.1 Å². The van der Waals surface area contributed by atoms with E-state index in [1.807, 2.05) is 0 Å². The van der Waals surface area contributed by atoms with Crippen LogP contribution in [0.1, 0.15) is 26.7 Å². The quantitative estimate of drug-likeness (QED) is 0.822. The number of hydrogen-bond donors (Lipinski definition) is 2. The summed E-state index contributed by atoms with van der Waals surface area (Å²) in [4.78, 5) is 11.7. The van der Waals surface area contributed by atoms with Gasteiger partial charge in [0.15, 0.2) is 0 Å². The minimum absolute atomic E-state index is 0.0167. The van der Waals surface area contributed by atoms with E-state index >= 15 is 0 Å². The zero-order valence-corrected chi connectivity index (χ0v) is 9.54. The summed E-state index contributed by atoms with van der Waals surface area (Å²) in [6.07, 6.45) is 2.49. The maximum Gasteiger partial charge on any atom is 0.229 e. The van der Waals surface area contributed by atoms with Gasteiger partial charge in [-0.15, -0.1) is 0 Å². The molecule has 1 saturated carbocycles. The molecule has 1 aliphatic rings. The van der Waals surface area contributed by atoms with Crippen LogP contribution in [0.25, 0.3) is 0 Å². The molecule has 3 N–H and O–H groups in total. The number of nitrogen functional groups attached to an aromatic ring is 1. The van der Waals surface area contributed by atoms with Crippen LogP contribution >= 0.6 is 11.6 Å². The van der Waals surface area contributed by atoms with E-state index in [1.54, 1.807) is 0 Å². The van der Waals surface area contributed by atoms with Crippen molar-refractivity contribution in [1.29, 1.82) is 0 Å². The fraction of sp³-hybridized carbons (Fsp3) is 0.667. The van der Waals surface area contributed by atoms with Crippen molar-refractivity contribution in [3.05, 3.63) is 5.28 Å². The Morgan fingerprint density at radius 2 is 2.00 bits per heavy atom. The van der Waals surface area contributed by atoms with E-state index in [1.165, 1.54) is 12.8 Å². The van der Waals surface area contributed by atoms with Gasteiger partial charge in [0.05, 0.1) is 0 Å². The number of halogens is 1. The number of rotatable bonds is 3. The second-order valence-corrected chi connectivity index (χ2v) is 4.75. The minimum atomic E-state index is -0.0167. The molecule has 1 aromatic rings. The predicted octanol–water partition coefficient (Wildman–Crippen LogP) is 1.71. The molecule has 5 nitrogen and oxygen atoms in total. The Bertz CT molecular complexity index is 355. The lowest BCUT2D eigenvalue weighted by molar-refractivity contribution is 0.490. The van der Waals surface area contributed by atoms with Crippen molar-refractivity contribution in [3.8, 4) is 0 Å². The van der Waals surface area contributed by atoms with Crippen LogP contribution in [-0.2, 0) is 0 Å². The van der Waals surface area contributed by atoms with Crippen molar-refractivity contribution < 1.29 is 0 Å². The molecule has 2 rings (SSSR count). The van der Waals surface area contributed by atoms with Gasteiger partial charge in [0.25, 0.3) is 0 Å². The Morgan fingerprint density at radius 3 is 2.53 bits per heavy atom. The number of nitrogens with one attached hydrogen (secondary N) is 1. The zero-order valence-electron chi connectivity index (χ0n) is 8.79. The fourth-order valence-electron chi connectivity index (χ4n) is 1.62. The highest BCUT2D eigenvalue weighted by Crippen LogP contribution is 2.40. The molecule has 82 valence electrons. The van der Waals surface area contributed by atoms with Gasteiger partial charge >= 0.3 is 0 Å². The van der Waals surface area contributed by atoms with Crippen LogP contribution in [0.5, 0.6) is 0 Å². The van der Waals surface area contributed by atoms with E-state index < -0.39 is 0 Å². The van der Waals surface area contributed by atoms with Crippen LogP contribution in [-0.4, -0.2) is 20.5 Å². The molecule has 0 atom stereocenters. The van der Waals surface area contributed by atoms with Crippen molar-refractivity contribution >= 4 is 23.5 Å². The van der Waals surface area contributed by atoms with E-state index in [2.05, 4.69) is 34.1 Å². The molecule has 0 amide bonds. The van der Waals surface area contributed by atoms with Gasteiger partial charge in [0, 0.05) is 5.54 Å². The molecule has 0 saturated heterocycles. The summed E-state index contributed by atoms with van der Waals surface area (Å²) in [6.45, 7) is 4.25. The van der Waals surface area contributed by atoms with Gasteiger partial charge in [-0.1, -0.05) is 0 Å². The van der Waals surface area contributed by atoms with Crippen LogP contribution in [0.3, 0.4) is 0 Å². The Balaban J connectivity index is 2.16. The molecule has 1 aromatic heterocycles. The predicted molar refractivity (Wildman–Crippen MR) is 59.7 cm³/mol. The Labute approximate surface area is 93.5 Å². The zero-order chi connectivity index (χ0) is 11.1. The SMILES string of the molecule is CC(C)(Nc1nc(N)nc(Cl)n1)C1CC1. The molecule has 0 aliphatic heterocycles.